The molecule has 0 aliphatic rings. The molecule has 5 nitrogen and oxygen atoms in total. The molecule has 0 fully saturated rings. The van der Waals surface area contributed by atoms with Crippen molar-refractivity contribution in [2.45, 2.75) is 26.3 Å². The van der Waals surface area contributed by atoms with Crippen LogP contribution < -0.4 is 5.32 Å². The predicted molar refractivity (Wildman–Crippen MR) is 86.6 cm³/mol. The average molecular weight is 395 g/mol. The highest BCUT2D eigenvalue weighted by molar-refractivity contribution is 14.1. The first-order chi connectivity index (χ1) is 9.32. The van der Waals surface area contributed by atoms with Crippen LogP contribution in [0, 0.1) is 19.5 Å². The minimum atomic E-state index is -0.496. The lowest BCUT2D eigenvalue weighted by atomic mass is 10.2. The summed E-state index contributed by atoms with van der Waals surface area (Å²) in [6.45, 7) is 5.66. The lowest BCUT2D eigenvalue weighted by Gasteiger charge is -2.20. The highest BCUT2D eigenvalue weighted by atomic mass is 127. The van der Waals surface area contributed by atoms with E-state index in [0.717, 1.165) is 13.0 Å². The van der Waals surface area contributed by atoms with Gasteiger partial charge in [-0.3, -0.25) is 10.1 Å². The number of hydrogen-bond acceptors (Lipinski definition) is 4. The van der Waals surface area contributed by atoms with Crippen LogP contribution in [-0.4, -0.2) is 36.0 Å². The smallest absolute Gasteiger partial charge is 0.293 e. The van der Waals surface area contributed by atoms with E-state index in [2.05, 4.69) is 24.1 Å². The van der Waals surface area contributed by atoms with Crippen molar-refractivity contribution in [2.24, 2.45) is 0 Å². The van der Waals surface area contributed by atoms with Gasteiger partial charge in [0.25, 0.3) is 5.69 Å². The molecule has 0 unspecified atom stereocenters. The van der Waals surface area contributed by atoms with Crippen molar-refractivity contribution in [3.63, 3.8) is 0 Å². The molecule has 0 aliphatic heterocycles. The van der Waals surface area contributed by atoms with Crippen LogP contribution in [0.5, 0.6) is 0 Å². The number of nitro benzene ring substituents is 1. The number of anilines is 1. The Labute approximate surface area is 131 Å². The van der Waals surface area contributed by atoms with Gasteiger partial charge in [0.15, 0.2) is 0 Å². The van der Waals surface area contributed by atoms with Crippen molar-refractivity contribution >= 4 is 34.0 Å². The molecule has 0 aliphatic carbocycles. The van der Waals surface area contributed by atoms with E-state index in [9.17, 15) is 14.5 Å². The van der Waals surface area contributed by atoms with Gasteiger partial charge in [0, 0.05) is 24.7 Å². The van der Waals surface area contributed by atoms with Crippen LogP contribution in [-0.2, 0) is 0 Å². The monoisotopic (exact) mass is 395 g/mol. The number of rotatable bonds is 7. The van der Waals surface area contributed by atoms with Gasteiger partial charge in [0.2, 0.25) is 0 Å². The van der Waals surface area contributed by atoms with Gasteiger partial charge in [-0.2, -0.15) is 0 Å². The van der Waals surface area contributed by atoms with Crippen LogP contribution in [0.15, 0.2) is 12.1 Å². The Balaban J connectivity index is 2.63. The Morgan fingerprint density at radius 1 is 1.50 bits per heavy atom. The minimum absolute atomic E-state index is 0.0898. The van der Waals surface area contributed by atoms with Crippen LogP contribution in [0.2, 0.25) is 0 Å². The first-order valence-electron chi connectivity index (χ1n) is 6.40. The summed E-state index contributed by atoms with van der Waals surface area (Å²) in [5.41, 5.74) is 0.146. The van der Waals surface area contributed by atoms with Gasteiger partial charge >= 0.3 is 0 Å². The summed E-state index contributed by atoms with van der Waals surface area (Å²) < 4.78 is 13.7. The van der Waals surface area contributed by atoms with Crippen LogP contribution in [0.1, 0.15) is 20.3 Å². The van der Waals surface area contributed by atoms with Crippen molar-refractivity contribution in [3.8, 4) is 0 Å². The Kier molecular flexibility index (Phi) is 6.60. The number of nitro groups is 1. The van der Waals surface area contributed by atoms with Gasteiger partial charge in [-0.1, -0.05) is 0 Å². The second-order valence-corrected chi connectivity index (χ2v) is 6.06. The fourth-order valence-corrected chi connectivity index (χ4v) is 2.09. The molecule has 112 valence electrons. The van der Waals surface area contributed by atoms with Crippen LogP contribution in [0.3, 0.4) is 0 Å². The zero-order chi connectivity index (χ0) is 15.3. The molecular formula is C13H19FIN3O2. The molecule has 0 saturated heterocycles. The van der Waals surface area contributed by atoms with E-state index in [-0.39, 0.29) is 14.9 Å². The molecule has 1 aromatic rings. The number of hydrogen-bond donors (Lipinski definition) is 1. The van der Waals surface area contributed by atoms with E-state index in [1.54, 1.807) is 22.6 Å². The third kappa shape index (κ3) is 4.86. The Morgan fingerprint density at radius 2 is 2.15 bits per heavy atom. The standard InChI is InChI=1S/C13H19FIN3O2/c1-9(2)17(3)6-4-5-16-12-7-10(14)11(15)8-13(12)18(19)20/h7-9,16H,4-6H2,1-3H3. The second kappa shape index (κ2) is 7.72. The van der Waals surface area contributed by atoms with E-state index >= 15 is 0 Å². The summed E-state index contributed by atoms with van der Waals surface area (Å²) in [6, 6.07) is 2.89. The van der Waals surface area contributed by atoms with Gasteiger partial charge in [0.05, 0.1) is 8.49 Å². The summed E-state index contributed by atoms with van der Waals surface area (Å²) in [5, 5.41) is 13.9. The molecule has 0 atom stereocenters. The number of nitrogens with zero attached hydrogens (tertiary/aromatic N) is 2. The largest absolute Gasteiger partial charge is 0.379 e. The van der Waals surface area contributed by atoms with Gasteiger partial charge in [-0.05, 0) is 56.5 Å². The fourth-order valence-electron chi connectivity index (χ4n) is 1.64. The van der Waals surface area contributed by atoms with Gasteiger partial charge in [0.1, 0.15) is 11.5 Å². The molecular weight excluding hydrogens is 376 g/mol. The molecule has 1 rings (SSSR count). The first-order valence-corrected chi connectivity index (χ1v) is 7.48. The molecule has 0 spiro atoms. The molecule has 0 bridgehead atoms. The van der Waals surface area contributed by atoms with Crippen LogP contribution >= 0.6 is 22.6 Å². The van der Waals surface area contributed by atoms with Crippen molar-refractivity contribution in [1.29, 1.82) is 0 Å². The molecule has 7 heteroatoms. The summed E-state index contributed by atoms with van der Waals surface area (Å²) in [7, 11) is 2.03. The molecule has 0 heterocycles. The third-order valence-electron chi connectivity index (χ3n) is 3.12. The van der Waals surface area contributed by atoms with Gasteiger partial charge in [-0.15, -0.1) is 0 Å². The molecule has 20 heavy (non-hydrogen) atoms. The summed E-state index contributed by atoms with van der Waals surface area (Å²) >= 11 is 1.75. The molecule has 0 amide bonds. The van der Waals surface area contributed by atoms with E-state index in [1.165, 1.54) is 12.1 Å². The maximum Gasteiger partial charge on any atom is 0.293 e. The first kappa shape index (κ1) is 17.1. The quantitative estimate of drug-likeness (QED) is 0.333. The zero-order valence-corrected chi connectivity index (χ0v) is 14.0. The van der Waals surface area contributed by atoms with E-state index in [1.807, 2.05) is 7.05 Å². The molecule has 0 aromatic heterocycles. The third-order valence-corrected chi connectivity index (χ3v) is 3.95. The topological polar surface area (TPSA) is 58.4 Å². The zero-order valence-electron chi connectivity index (χ0n) is 11.8. The van der Waals surface area contributed by atoms with E-state index < -0.39 is 10.7 Å². The van der Waals surface area contributed by atoms with Crippen molar-refractivity contribution in [1.82, 2.24) is 4.90 Å². The Hall–Kier alpha value is -0.960. The summed E-state index contributed by atoms with van der Waals surface area (Å²) in [6.07, 6.45) is 0.833. The lowest BCUT2D eigenvalue weighted by molar-refractivity contribution is -0.384. The molecule has 0 saturated carbocycles. The van der Waals surface area contributed by atoms with Gasteiger partial charge < -0.3 is 10.2 Å². The Bertz CT molecular complexity index is 483. The minimum Gasteiger partial charge on any atom is -0.379 e. The fraction of sp³-hybridized carbons (Fsp3) is 0.538. The van der Waals surface area contributed by atoms with E-state index in [0.29, 0.717) is 12.6 Å². The van der Waals surface area contributed by atoms with E-state index in [4.69, 9.17) is 0 Å². The maximum atomic E-state index is 13.5. The van der Waals surface area contributed by atoms with Crippen molar-refractivity contribution in [3.05, 3.63) is 31.6 Å². The normalized spacial score (nSPS) is 11.2. The lowest BCUT2D eigenvalue weighted by Crippen LogP contribution is -2.28. The highest BCUT2D eigenvalue weighted by Gasteiger charge is 2.17. The Morgan fingerprint density at radius 3 is 2.70 bits per heavy atom. The summed E-state index contributed by atoms with van der Waals surface area (Å²) in [5.74, 6) is -0.446. The SMILES string of the molecule is CC(C)N(C)CCCNc1cc(F)c(I)cc1[N+](=O)[O-]. The molecule has 1 aromatic carbocycles. The molecule has 1 N–H and O–H groups in total. The maximum absolute atomic E-state index is 13.5. The molecule has 0 radical (unpaired) electrons. The van der Waals surface area contributed by atoms with Crippen molar-refractivity contribution in [2.75, 3.05) is 25.5 Å². The number of benzene rings is 1. The highest BCUT2D eigenvalue weighted by Crippen LogP contribution is 2.28. The average Bonchev–Trinajstić information content (AvgIpc) is 2.37. The van der Waals surface area contributed by atoms with Crippen LogP contribution in [0.4, 0.5) is 15.8 Å². The summed E-state index contributed by atoms with van der Waals surface area (Å²) in [4.78, 5) is 12.6. The van der Waals surface area contributed by atoms with Crippen molar-refractivity contribution < 1.29 is 9.31 Å². The van der Waals surface area contributed by atoms with Crippen LogP contribution in [0.25, 0.3) is 0 Å². The second-order valence-electron chi connectivity index (χ2n) is 4.90. The van der Waals surface area contributed by atoms with Gasteiger partial charge in [-0.25, -0.2) is 4.39 Å². The number of halogens is 2. The number of nitrogens with one attached hydrogen (secondary N) is 1. The predicted octanol–water partition coefficient (Wildman–Crippen LogP) is 3.48.